The van der Waals surface area contributed by atoms with E-state index in [-0.39, 0.29) is 30.3 Å². The Bertz CT molecular complexity index is 500. The average Bonchev–Trinajstić information content (AvgIpc) is 3.19. The predicted molar refractivity (Wildman–Crippen MR) is 79.2 cm³/mol. The summed E-state index contributed by atoms with van der Waals surface area (Å²) >= 11 is 3.40. The smallest absolute Gasteiger partial charge is 0.307 e. The van der Waals surface area contributed by atoms with Gasteiger partial charge in [0.2, 0.25) is 5.91 Å². The van der Waals surface area contributed by atoms with E-state index >= 15 is 0 Å². The molecule has 3 atom stereocenters. The van der Waals surface area contributed by atoms with Crippen LogP contribution >= 0.6 is 15.9 Å². The van der Waals surface area contributed by atoms with Crippen molar-refractivity contribution >= 4 is 27.8 Å². The first-order chi connectivity index (χ1) is 9.51. The quantitative estimate of drug-likeness (QED) is 0.839. The fourth-order valence-electron chi connectivity index (χ4n) is 2.30. The lowest BCUT2D eigenvalue weighted by atomic mass is 10.1. The number of esters is 1. The number of hydrogen-bond donors (Lipinski definition) is 1. The second kappa shape index (κ2) is 6.39. The molecule has 0 spiro atoms. The number of rotatable bonds is 5. The van der Waals surface area contributed by atoms with Crippen LogP contribution in [0.5, 0.6) is 0 Å². The summed E-state index contributed by atoms with van der Waals surface area (Å²) in [5.41, 5.74) is 1.19. The molecule has 0 saturated heterocycles. The van der Waals surface area contributed by atoms with Crippen LogP contribution in [0.25, 0.3) is 0 Å². The van der Waals surface area contributed by atoms with Gasteiger partial charge in [0, 0.05) is 16.4 Å². The Kier molecular flexibility index (Phi) is 4.81. The molecule has 1 aliphatic carbocycles. The van der Waals surface area contributed by atoms with Crippen molar-refractivity contribution in [1.82, 2.24) is 5.32 Å². The first-order valence-corrected chi connectivity index (χ1v) is 7.43. The van der Waals surface area contributed by atoms with Gasteiger partial charge in [0.05, 0.1) is 13.5 Å². The summed E-state index contributed by atoms with van der Waals surface area (Å²) in [6, 6.07) is 7.87. The highest BCUT2D eigenvalue weighted by atomic mass is 79.9. The van der Waals surface area contributed by atoms with Gasteiger partial charge in [-0.05, 0) is 37.0 Å². The summed E-state index contributed by atoms with van der Waals surface area (Å²) in [4.78, 5) is 23.2. The van der Waals surface area contributed by atoms with Gasteiger partial charge < -0.3 is 10.1 Å². The van der Waals surface area contributed by atoms with Crippen molar-refractivity contribution in [3.05, 3.63) is 34.3 Å². The number of benzene rings is 1. The molecule has 0 heterocycles. The second-order valence-electron chi connectivity index (χ2n) is 5.19. The van der Waals surface area contributed by atoms with E-state index in [1.54, 1.807) is 0 Å². The minimum absolute atomic E-state index is 0.0225. The van der Waals surface area contributed by atoms with Gasteiger partial charge in [0.1, 0.15) is 0 Å². The molecule has 1 aromatic carbocycles. The summed E-state index contributed by atoms with van der Waals surface area (Å²) in [6.07, 6.45) is 1.08. The predicted octanol–water partition coefficient (Wildman–Crippen LogP) is 2.62. The zero-order chi connectivity index (χ0) is 14.7. The van der Waals surface area contributed by atoms with Crippen molar-refractivity contribution in [2.24, 2.45) is 5.92 Å². The highest BCUT2D eigenvalue weighted by Crippen LogP contribution is 2.47. The minimum atomic E-state index is -0.307. The van der Waals surface area contributed by atoms with Crippen molar-refractivity contribution < 1.29 is 14.3 Å². The molecule has 1 amide bonds. The molecule has 0 radical (unpaired) electrons. The molecule has 0 unspecified atom stereocenters. The van der Waals surface area contributed by atoms with Crippen LogP contribution in [0.1, 0.15) is 31.2 Å². The molecule has 4 nitrogen and oxygen atoms in total. The van der Waals surface area contributed by atoms with Crippen molar-refractivity contribution in [3.8, 4) is 0 Å². The molecule has 1 fully saturated rings. The molecule has 1 aliphatic rings. The van der Waals surface area contributed by atoms with E-state index in [2.05, 4.69) is 26.0 Å². The van der Waals surface area contributed by atoms with Crippen LogP contribution in [0.4, 0.5) is 0 Å². The topological polar surface area (TPSA) is 55.4 Å². The maximum absolute atomic E-state index is 12.1. The summed E-state index contributed by atoms with van der Waals surface area (Å²) < 4.78 is 5.62. The van der Waals surface area contributed by atoms with E-state index in [1.165, 1.54) is 12.7 Å². The lowest BCUT2D eigenvalue weighted by Gasteiger charge is -2.12. The maximum Gasteiger partial charge on any atom is 0.307 e. The summed E-state index contributed by atoms with van der Waals surface area (Å²) in [6.45, 7) is 1.81. The zero-order valence-electron chi connectivity index (χ0n) is 11.6. The number of amides is 1. The van der Waals surface area contributed by atoms with Crippen LogP contribution in [0.15, 0.2) is 28.7 Å². The number of hydrogen-bond acceptors (Lipinski definition) is 3. The molecule has 0 aliphatic heterocycles. The van der Waals surface area contributed by atoms with Gasteiger partial charge in [-0.1, -0.05) is 28.1 Å². The molecule has 1 aromatic rings. The van der Waals surface area contributed by atoms with Crippen molar-refractivity contribution in [1.29, 1.82) is 0 Å². The number of methoxy groups -OCH3 is 1. The zero-order valence-corrected chi connectivity index (χ0v) is 13.1. The van der Waals surface area contributed by atoms with Crippen LogP contribution in [0, 0.1) is 5.92 Å². The van der Waals surface area contributed by atoms with Crippen molar-refractivity contribution in [2.75, 3.05) is 7.11 Å². The third-order valence-electron chi connectivity index (χ3n) is 3.51. The monoisotopic (exact) mass is 339 g/mol. The highest BCUT2D eigenvalue weighted by Gasteiger charge is 2.44. The minimum Gasteiger partial charge on any atom is -0.469 e. The third kappa shape index (κ3) is 3.82. The lowest BCUT2D eigenvalue weighted by molar-refractivity contribution is -0.141. The van der Waals surface area contributed by atoms with E-state index in [1.807, 2.05) is 31.2 Å². The lowest BCUT2D eigenvalue weighted by Crippen LogP contribution is -2.35. The van der Waals surface area contributed by atoms with E-state index < -0.39 is 0 Å². The van der Waals surface area contributed by atoms with Gasteiger partial charge in [-0.3, -0.25) is 9.59 Å². The molecule has 20 heavy (non-hydrogen) atoms. The Hall–Kier alpha value is -1.36. The molecule has 2 rings (SSSR count). The van der Waals surface area contributed by atoms with Crippen LogP contribution in [-0.2, 0) is 14.3 Å². The van der Waals surface area contributed by atoms with E-state index in [9.17, 15) is 9.59 Å². The summed E-state index contributed by atoms with van der Waals surface area (Å²) in [5, 5.41) is 2.87. The first kappa shape index (κ1) is 15.0. The summed E-state index contributed by atoms with van der Waals surface area (Å²) in [7, 11) is 1.35. The number of halogens is 1. The SMILES string of the molecule is COC(=O)C[C@H](C)NC(=O)[C@@H]1C[C@@H]1c1ccc(Br)cc1. The van der Waals surface area contributed by atoms with Crippen molar-refractivity contribution in [3.63, 3.8) is 0 Å². The number of carbonyl (C=O) groups excluding carboxylic acids is 2. The average molecular weight is 340 g/mol. The fraction of sp³-hybridized carbons (Fsp3) is 0.467. The molecule has 1 saturated carbocycles. The van der Waals surface area contributed by atoms with Crippen LogP contribution in [0.3, 0.4) is 0 Å². The molecule has 0 aromatic heterocycles. The molecule has 5 heteroatoms. The highest BCUT2D eigenvalue weighted by molar-refractivity contribution is 9.10. The Morgan fingerprint density at radius 3 is 2.65 bits per heavy atom. The van der Waals surface area contributed by atoms with Gasteiger partial charge in [-0.25, -0.2) is 0 Å². The van der Waals surface area contributed by atoms with Gasteiger partial charge in [0.15, 0.2) is 0 Å². The van der Waals surface area contributed by atoms with Crippen LogP contribution in [-0.4, -0.2) is 25.0 Å². The summed E-state index contributed by atoms with van der Waals surface area (Å²) in [5.74, 6) is 0.0390. The van der Waals surface area contributed by atoms with E-state index in [4.69, 9.17) is 0 Å². The normalized spacial score (nSPS) is 21.9. The Morgan fingerprint density at radius 2 is 2.05 bits per heavy atom. The molecule has 0 bridgehead atoms. The molecule has 1 N–H and O–H groups in total. The van der Waals surface area contributed by atoms with Gasteiger partial charge in [-0.15, -0.1) is 0 Å². The molecular formula is C15H18BrNO3. The van der Waals surface area contributed by atoms with E-state index in [0.29, 0.717) is 5.92 Å². The molecular weight excluding hydrogens is 322 g/mol. The van der Waals surface area contributed by atoms with Crippen LogP contribution in [0.2, 0.25) is 0 Å². The second-order valence-corrected chi connectivity index (χ2v) is 6.11. The maximum atomic E-state index is 12.1. The third-order valence-corrected chi connectivity index (χ3v) is 4.04. The number of ether oxygens (including phenoxy) is 1. The van der Waals surface area contributed by atoms with Crippen LogP contribution < -0.4 is 5.32 Å². The largest absolute Gasteiger partial charge is 0.469 e. The van der Waals surface area contributed by atoms with Gasteiger partial charge in [-0.2, -0.15) is 0 Å². The number of carbonyl (C=O) groups is 2. The van der Waals surface area contributed by atoms with Crippen molar-refractivity contribution in [2.45, 2.75) is 31.7 Å². The first-order valence-electron chi connectivity index (χ1n) is 6.64. The van der Waals surface area contributed by atoms with Gasteiger partial charge in [0.25, 0.3) is 0 Å². The fourth-order valence-corrected chi connectivity index (χ4v) is 2.56. The Balaban J connectivity index is 1.84. The Labute approximate surface area is 127 Å². The standard InChI is InChI=1S/C15H18BrNO3/c1-9(7-14(18)20-2)17-15(19)13-8-12(13)10-3-5-11(16)6-4-10/h3-6,9,12-13H,7-8H2,1-2H3,(H,17,19)/t9-,12+,13+/m0/s1. The number of nitrogens with one attached hydrogen (secondary N) is 1. The molecule has 108 valence electrons. The van der Waals surface area contributed by atoms with Gasteiger partial charge >= 0.3 is 5.97 Å². The van der Waals surface area contributed by atoms with E-state index in [0.717, 1.165) is 10.9 Å². The Morgan fingerprint density at radius 1 is 1.40 bits per heavy atom.